The van der Waals surface area contributed by atoms with Crippen molar-refractivity contribution in [1.29, 1.82) is 0 Å². The SMILES string of the molecule is CCCCc1nnc(O[C@H]2CC3C[C@@H](O)C(C2)N3C)cc1-c1ccc(OC2CCCCC2)cc1.Cl.Cl. The van der Waals surface area contributed by atoms with Crippen LogP contribution >= 0.6 is 24.8 Å². The molecule has 1 N–H and O–H groups in total. The van der Waals surface area contributed by atoms with Gasteiger partial charge in [-0.05, 0) is 69.7 Å². The van der Waals surface area contributed by atoms with Crippen LogP contribution in [0.25, 0.3) is 11.1 Å². The summed E-state index contributed by atoms with van der Waals surface area (Å²) in [6.07, 6.45) is 12.1. The van der Waals surface area contributed by atoms with Gasteiger partial charge in [0.2, 0.25) is 5.88 Å². The molecule has 5 rings (SSSR count). The molecule has 2 aromatic rings. The van der Waals surface area contributed by atoms with Gasteiger partial charge >= 0.3 is 0 Å². The van der Waals surface area contributed by atoms with Crippen LogP contribution in [0.1, 0.15) is 76.8 Å². The van der Waals surface area contributed by atoms with Crippen molar-refractivity contribution in [3.63, 3.8) is 0 Å². The zero-order chi connectivity index (χ0) is 23.5. The normalized spacial score (nSPS) is 26.1. The van der Waals surface area contributed by atoms with Crippen LogP contribution in [-0.2, 0) is 6.42 Å². The predicted octanol–water partition coefficient (Wildman–Crippen LogP) is 6.02. The molecular formula is C28H41Cl2N3O3. The smallest absolute Gasteiger partial charge is 0.234 e. The van der Waals surface area contributed by atoms with Gasteiger partial charge in [0.25, 0.3) is 0 Å². The van der Waals surface area contributed by atoms with E-state index in [1.807, 2.05) is 0 Å². The number of hydrogen-bond donors (Lipinski definition) is 1. The first kappa shape index (κ1) is 29.0. The van der Waals surface area contributed by atoms with Gasteiger partial charge in [0.15, 0.2) is 0 Å². The first-order chi connectivity index (χ1) is 16.6. The number of aromatic nitrogens is 2. The van der Waals surface area contributed by atoms with Crippen molar-refractivity contribution in [2.75, 3.05) is 7.05 Å². The Balaban J connectivity index is 0.00000180. The molecule has 0 spiro atoms. The fourth-order valence-corrected chi connectivity index (χ4v) is 5.99. The number of halogens is 2. The molecule has 200 valence electrons. The number of rotatable bonds is 8. The Morgan fingerprint density at radius 2 is 1.69 bits per heavy atom. The zero-order valence-corrected chi connectivity index (χ0v) is 23.1. The molecule has 0 amide bonds. The predicted molar refractivity (Wildman–Crippen MR) is 148 cm³/mol. The third kappa shape index (κ3) is 6.63. The van der Waals surface area contributed by atoms with Crippen LogP contribution in [0.15, 0.2) is 30.3 Å². The molecule has 6 nitrogen and oxygen atoms in total. The quantitative estimate of drug-likeness (QED) is 0.444. The number of likely N-dealkylation sites (N-methyl/N-ethyl adjacent to an activating group) is 1. The van der Waals surface area contributed by atoms with Gasteiger partial charge in [-0.15, -0.1) is 29.9 Å². The van der Waals surface area contributed by atoms with Crippen molar-refractivity contribution in [3.05, 3.63) is 36.0 Å². The van der Waals surface area contributed by atoms with Crippen molar-refractivity contribution in [2.24, 2.45) is 0 Å². The first-order valence-corrected chi connectivity index (χ1v) is 13.3. The minimum atomic E-state index is -0.254. The molecule has 3 heterocycles. The van der Waals surface area contributed by atoms with Gasteiger partial charge in [0.1, 0.15) is 11.9 Å². The second kappa shape index (κ2) is 13.3. The fourth-order valence-electron chi connectivity index (χ4n) is 5.99. The van der Waals surface area contributed by atoms with Crippen LogP contribution in [0, 0.1) is 0 Å². The summed E-state index contributed by atoms with van der Waals surface area (Å²) < 4.78 is 12.6. The van der Waals surface area contributed by atoms with E-state index in [2.05, 4.69) is 59.4 Å². The van der Waals surface area contributed by atoms with E-state index in [0.29, 0.717) is 18.0 Å². The van der Waals surface area contributed by atoms with Crippen molar-refractivity contribution >= 4 is 24.8 Å². The largest absolute Gasteiger partial charge is 0.490 e. The maximum absolute atomic E-state index is 10.4. The van der Waals surface area contributed by atoms with Crippen LogP contribution in [0.3, 0.4) is 0 Å². The van der Waals surface area contributed by atoms with Crippen LogP contribution in [-0.4, -0.2) is 57.6 Å². The van der Waals surface area contributed by atoms with E-state index in [0.717, 1.165) is 73.9 Å². The van der Waals surface area contributed by atoms with Gasteiger partial charge in [0.05, 0.1) is 17.9 Å². The van der Waals surface area contributed by atoms with Gasteiger partial charge in [-0.3, -0.25) is 4.90 Å². The van der Waals surface area contributed by atoms with Crippen molar-refractivity contribution < 1.29 is 14.6 Å². The molecule has 36 heavy (non-hydrogen) atoms. The Kier molecular flexibility index (Phi) is 10.7. The van der Waals surface area contributed by atoms with E-state index in [9.17, 15) is 5.11 Å². The van der Waals surface area contributed by atoms with Crippen molar-refractivity contribution in [3.8, 4) is 22.8 Å². The van der Waals surface area contributed by atoms with Crippen LogP contribution < -0.4 is 9.47 Å². The summed E-state index contributed by atoms with van der Waals surface area (Å²) in [5, 5.41) is 19.4. The molecule has 1 aromatic carbocycles. The average Bonchev–Trinajstić information content (AvgIpc) is 3.00. The van der Waals surface area contributed by atoms with Crippen molar-refractivity contribution in [2.45, 2.75) is 108 Å². The number of hydrogen-bond acceptors (Lipinski definition) is 6. The minimum Gasteiger partial charge on any atom is -0.490 e. The number of ether oxygens (including phenoxy) is 2. The van der Waals surface area contributed by atoms with E-state index < -0.39 is 0 Å². The number of nitrogens with zero attached hydrogens (tertiary/aromatic N) is 3. The Bertz CT molecular complexity index is 956. The summed E-state index contributed by atoms with van der Waals surface area (Å²) in [4.78, 5) is 2.31. The molecule has 1 aromatic heterocycles. The van der Waals surface area contributed by atoms with E-state index >= 15 is 0 Å². The number of aliphatic hydroxyl groups is 1. The summed E-state index contributed by atoms with van der Waals surface area (Å²) in [5.41, 5.74) is 3.24. The highest BCUT2D eigenvalue weighted by atomic mass is 35.5. The maximum atomic E-state index is 10.4. The number of aryl methyl sites for hydroxylation is 1. The monoisotopic (exact) mass is 537 g/mol. The second-order valence-electron chi connectivity index (χ2n) is 10.4. The van der Waals surface area contributed by atoms with Gasteiger partial charge in [-0.1, -0.05) is 31.9 Å². The summed E-state index contributed by atoms with van der Waals surface area (Å²) in [6, 6.07) is 11.1. The standard InChI is InChI=1S/C28H39N3O3.2ClH/c1-3-4-10-25-24(19-11-13-22(14-12-19)33-21-8-6-5-7-9-21)18-28(30-29-25)34-23-15-20-16-27(32)26(17-23)31(20)2;;/h11-14,18,20-21,23,26-27,32H,3-10,15-17H2,1-2H3;2*1H/t20?,23-,26?,27+;;/m0../s1. The third-order valence-corrected chi connectivity index (χ3v) is 8.02. The lowest BCUT2D eigenvalue weighted by atomic mass is 9.97. The number of piperidine rings is 1. The number of fused-ring (bicyclic) bond motifs is 2. The third-order valence-electron chi connectivity index (χ3n) is 8.02. The fraction of sp³-hybridized carbons (Fsp3) is 0.643. The van der Waals surface area contributed by atoms with E-state index in [-0.39, 0.29) is 43.1 Å². The lowest BCUT2D eigenvalue weighted by Gasteiger charge is -2.36. The molecule has 8 heteroatoms. The molecule has 3 aliphatic rings. The minimum absolute atomic E-state index is 0. The highest BCUT2D eigenvalue weighted by Crippen LogP contribution is 2.37. The number of aliphatic hydroxyl groups excluding tert-OH is 1. The van der Waals surface area contributed by atoms with Gasteiger partial charge in [-0.25, -0.2) is 0 Å². The van der Waals surface area contributed by atoms with Gasteiger partial charge in [0, 0.05) is 36.6 Å². The Labute approximate surface area is 228 Å². The molecular weight excluding hydrogens is 497 g/mol. The zero-order valence-electron chi connectivity index (χ0n) is 21.5. The number of unbranched alkanes of at least 4 members (excludes halogenated alkanes) is 1. The highest BCUT2D eigenvalue weighted by molar-refractivity contribution is 5.85. The molecule has 2 saturated heterocycles. The highest BCUT2D eigenvalue weighted by Gasteiger charge is 2.45. The summed E-state index contributed by atoms with van der Waals surface area (Å²) in [5.74, 6) is 1.53. The van der Waals surface area contributed by atoms with E-state index in [4.69, 9.17) is 9.47 Å². The molecule has 0 radical (unpaired) electrons. The molecule has 3 fully saturated rings. The summed E-state index contributed by atoms with van der Waals surface area (Å²) in [6.45, 7) is 2.20. The van der Waals surface area contributed by atoms with E-state index in [1.165, 1.54) is 19.3 Å². The molecule has 2 aliphatic heterocycles. The van der Waals surface area contributed by atoms with Gasteiger partial charge < -0.3 is 14.6 Å². The molecule has 4 atom stereocenters. The van der Waals surface area contributed by atoms with E-state index in [1.54, 1.807) is 0 Å². The summed E-state index contributed by atoms with van der Waals surface area (Å²) in [7, 11) is 2.11. The molecule has 1 aliphatic carbocycles. The van der Waals surface area contributed by atoms with Crippen LogP contribution in [0.5, 0.6) is 11.6 Å². The Morgan fingerprint density at radius 1 is 0.944 bits per heavy atom. The molecule has 2 bridgehead atoms. The molecule has 1 saturated carbocycles. The first-order valence-electron chi connectivity index (χ1n) is 13.3. The Hall–Kier alpha value is -1.60. The van der Waals surface area contributed by atoms with Crippen molar-refractivity contribution in [1.82, 2.24) is 15.1 Å². The maximum Gasteiger partial charge on any atom is 0.234 e. The molecule has 2 unspecified atom stereocenters. The van der Waals surface area contributed by atoms with Crippen LogP contribution in [0.4, 0.5) is 0 Å². The number of benzene rings is 1. The second-order valence-corrected chi connectivity index (χ2v) is 10.4. The topological polar surface area (TPSA) is 67.7 Å². The average molecular weight is 539 g/mol. The van der Waals surface area contributed by atoms with Crippen LogP contribution in [0.2, 0.25) is 0 Å². The Morgan fingerprint density at radius 3 is 2.39 bits per heavy atom. The summed E-state index contributed by atoms with van der Waals surface area (Å²) >= 11 is 0. The van der Waals surface area contributed by atoms with Gasteiger partial charge in [-0.2, -0.15) is 5.10 Å². The lowest BCUT2D eigenvalue weighted by Crippen LogP contribution is -2.45. The lowest BCUT2D eigenvalue weighted by molar-refractivity contribution is 0.0379.